The summed E-state index contributed by atoms with van der Waals surface area (Å²) in [5, 5.41) is 7.71. The summed E-state index contributed by atoms with van der Waals surface area (Å²) >= 11 is 0. The Balaban J connectivity index is 1.01. The molecule has 17 heteroatoms. The number of carbonyl (C=O) groups is 4. The van der Waals surface area contributed by atoms with E-state index in [1.54, 1.807) is 34.3 Å². The van der Waals surface area contributed by atoms with Crippen LogP contribution < -0.4 is 16.1 Å². The molecule has 0 saturated carbocycles. The predicted octanol–water partition coefficient (Wildman–Crippen LogP) is 5.79. The Labute approximate surface area is 350 Å². The first-order valence-electron chi connectivity index (χ1n) is 20.5. The van der Waals surface area contributed by atoms with E-state index in [1.165, 1.54) is 14.2 Å². The maximum absolute atomic E-state index is 14.1. The zero-order chi connectivity index (χ0) is 42.6. The Morgan fingerprint density at radius 1 is 0.902 bits per heavy atom. The van der Waals surface area contributed by atoms with Crippen LogP contribution in [-0.4, -0.2) is 107 Å². The maximum atomic E-state index is 14.1. The van der Waals surface area contributed by atoms with Gasteiger partial charge >= 0.3 is 12.2 Å². The standard InChI is InChI=1S/C44H48N8O9/c1-4-15-51(42(55)39(50-44(57)59-3)25-13-17-60-18-14-25)24-36-45-21-31(48-36)27-7-10-29-26(19-27)9-12-34-38(29)40(54)30-11-8-28(20-35(30)61-34)32-22-46-41(49-32)33-6-5-16-52(33)37(53)23-47-43(56)58-2/h7-12,19-22,25,33,39H,4-6,13-18,23-24H2,1-3H3,(H,45,48)(H,46,49)(H,47,56)(H,50,57)/t33-,39?/m0/s1. The van der Waals surface area contributed by atoms with Gasteiger partial charge in [0.25, 0.3) is 0 Å². The van der Waals surface area contributed by atoms with Crippen LogP contribution in [0.15, 0.2) is 70.1 Å². The second-order valence-electron chi connectivity index (χ2n) is 15.4. The Morgan fingerprint density at radius 2 is 1.64 bits per heavy atom. The van der Waals surface area contributed by atoms with Crippen molar-refractivity contribution in [3.8, 4) is 22.5 Å². The molecule has 3 aromatic heterocycles. The number of imidazole rings is 2. The highest BCUT2D eigenvalue weighted by Gasteiger charge is 2.35. The third-order valence-electron chi connectivity index (χ3n) is 11.6. The number of alkyl carbamates (subject to hydrolysis) is 2. The number of hydrogen-bond donors (Lipinski definition) is 4. The van der Waals surface area contributed by atoms with Gasteiger partial charge in [-0.2, -0.15) is 0 Å². The Kier molecular flexibility index (Phi) is 12.0. The van der Waals surface area contributed by atoms with E-state index in [0.717, 1.165) is 46.9 Å². The molecule has 2 saturated heterocycles. The van der Waals surface area contributed by atoms with Gasteiger partial charge in [0.1, 0.15) is 35.4 Å². The van der Waals surface area contributed by atoms with Gasteiger partial charge in [0.05, 0.1) is 61.4 Å². The lowest BCUT2D eigenvalue weighted by molar-refractivity contribution is -0.136. The van der Waals surface area contributed by atoms with Crippen LogP contribution in [0.4, 0.5) is 9.59 Å². The van der Waals surface area contributed by atoms with Gasteiger partial charge in [-0.25, -0.2) is 19.6 Å². The molecule has 3 aromatic carbocycles. The maximum Gasteiger partial charge on any atom is 0.407 e. The number of hydrogen-bond acceptors (Lipinski definition) is 11. The molecule has 318 valence electrons. The van der Waals surface area contributed by atoms with E-state index in [0.29, 0.717) is 78.4 Å². The number of carbonyl (C=O) groups excluding carboxylic acids is 4. The SMILES string of the molecule is CCCN(Cc1ncc(-c2ccc3c(ccc4oc5cc(-c6cnc([C@@H]7CCCN7C(=O)CNC(=O)OC)[nH]6)ccc5c(=O)c43)c2)[nH]1)C(=O)C(NC(=O)OC)C1CCOCC1. The highest BCUT2D eigenvalue weighted by Crippen LogP contribution is 2.34. The molecule has 4 N–H and O–H groups in total. The number of methoxy groups -OCH3 is 2. The molecule has 2 aliphatic rings. The molecule has 4 amide bonds. The molecular formula is C44H48N8O9. The van der Waals surface area contributed by atoms with Crippen molar-refractivity contribution in [3.63, 3.8) is 0 Å². The van der Waals surface area contributed by atoms with Crippen molar-refractivity contribution in [2.45, 2.75) is 57.7 Å². The van der Waals surface area contributed by atoms with Gasteiger partial charge in [-0.05, 0) is 73.1 Å². The van der Waals surface area contributed by atoms with Gasteiger partial charge in [0.15, 0.2) is 0 Å². The minimum atomic E-state index is -0.743. The number of rotatable bonds is 12. The summed E-state index contributed by atoms with van der Waals surface area (Å²) in [5.41, 5.74) is 3.79. The van der Waals surface area contributed by atoms with Crippen LogP contribution in [-0.2, 0) is 30.3 Å². The first-order valence-corrected chi connectivity index (χ1v) is 20.5. The second-order valence-corrected chi connectivity index (χ2v) is 15.4. The van der Waals surface area contributed by atoms with Gasteiger partial charge in [0, 0.05) is 37.4 Å². The first-order chi connectivity index (χ1) is 29.6. The third-order valence-corrected chi connectivity index (χ3v) is 11.6. The molecule has 61 heavy (non-hydrogen) atoms. The van der Waals surface area contributed by atoms with Crippen LogP contribution in [0.2, 0.25) is 0 Å². The quantitative estimate of drug-likeness (QED) is 0.0856. The number of aromatic nitrogens is 4. The molecular weight excluding hydrogens is 785 g/mol. The van der Waals surface area contributed by atoms with Crippen LogP contribution >= 0.6 is 0 Å². The van der Waals surface area contributed by atoms with Crippen molar-refractivity contribution in [3.05, 3.63) is 82.8 Å². The lowest BCUT2D eigenvalue weighted by atomic mass is 9.90. The van der Waals surface area contributed by atoms with Crippen molar-refractivity contribution >= 4 is 56.7 Å². The van der Waals surface area contributed by atoms with Crippen LogP contribution in [0.3, 0.4) is 0 Å². The zero-order valence-electron chi connectivity index (χ0n) is 34.2. The summed E-state index contributed by atoms with van der Waals surface area (Å²) in [4.78, 5) is 84.0. The summed E-state index contributed by atoms with van der Waals surface area (Å²) in [6, 6.07) is 13.9. The summed E-state index contributed by atoms with van der Waals surface area (Å²) in [6.07, 6.45) is 5.67. The van der Waals surface area contributed by atoms with Gasteiger partial charge in [-0.3, -0.25) is 14.4 Å². The van der Waals surface area contributed by atoms with E-state index in [2.05, 4.69) is 35.3 Å². The number of fused-ring (bicyclic) bond motifs is 4. The van der Waals surface area contributed by atoms with Gasteiger partial charge in [-0.15, -0.1) is 0 Å². The van der Waals surface area contributed by atoms with E-state index >= 15 is 0 Å². The lowest BCUT2D eigenvalue weighted by Gasteiger charge is -2.33. The molecule has 5 heterocycles. The highest BCUT2D eigenvalue weighted by atomic mass is 16.5. The number of ether oxygens (including phenoxy) is 3. The molecule has 2 fully saturated rings. The number of benzene rings is 3. The molecule has 0 radical (unpaired) electrons. The van der Waals surface area contributed by atoms with Crippen molar-refractivity contribution in [2.75, 3.05) is 47.1 Å². The van der Waals surface area contributed by atoms with E-state index in [1.807, 2.05) is 43.3 Å². The third kappa shape index (κ3) is 8.50. The zero-order valence-corrected chi connectivity index (χ0v) is 34.2. The van der Waals surface area contributed by atoms with Gasteiger partial charge < -0.3 is 49.0 Å². The van der Waals surface area contributed by atoms with Gasteiger partial charge in [0.2, 0.25) is 17.2 Å². The van der Waals surface area contributed by atoms with Gasteiger partial charge in [-0.1, -0.05) is 31.2 Å². The molecule has 6 aromatic rings. The van der Waals surface area contributed by atoms with Crippen LogP contribution in [0, 0.1) is 5.92 Å². The largest absolute Gasteiger partial charge is 0.456 e. The molecule has 8 rings (SSSR count). The molecule has 0 bridgehead atoms. The van der Waals surface area contributed by atoms with E-state index < -0.39 is 18.2 Å². The van der Waals surface area contributed by atoms with E-state index in [-0.39, 0.29) is 42.3 Å². The predicted molar refractivity (Wildman–Crippen MR) is 225 cm³/mol. The van der Waals surface area contributed by atoms with Crippen LogP contribution in [0.5, 0.6) is 0 Å². The fourth-order valence-corrected chi connectivity index (χ4v) is 8.46. The Morgan fingerprint density at radius 3 is 2.41 bits per heavy atom. The summed E-state index contributed by atoms with van der Waals surface area (Å²) in [7, 11) is 2.53. The first kappa shape index (κ1) is 41.0. The molecule has 0 aliphatic carbocycles. The fourth-order valence-electron chi connectivity index (χ4n) is 8.46. The smallest absolute Gasteiger partial charge is 0.407 e. The van der Waals surface area contributed by atoms with Crippen molar-refractivity contribution < 1.29 is 37.8 Å². The summed E-state index contributed by atoms with van der Waals surface area (Å²) in [6.45, 7) is 4.13. The minimum Gasteiger partial charge on any atom is -0.456 e. The number of likely N-dealkylation sites (tertiary alicyclic amines) is 1. The number of aromatic amines is 2. The normalized spacial score (nSPS) is 16.2. The number of amides is 4. The fraction of sp³-hybridized carbons (Fsp3) is 0.386. The minimum absolute atomic E-state index is 0.0748. The molecule has 17 nitrogen and oxygen atoms in total. The second kappa shape index (κ2) is 17.8. The number of nitrogens with one attached hydrogen (secondary N) is 4. The monoisotopic (exact) mass is 832 g/mol. The summed E-state index contributed by atoms with van der Waals surface area (Å²) < 4.78 is 21.3. The molecule has 0 spiro atoms. The topological polar surface area (TPSA) is 214 Å². The van der Waals surface area contributed by atoms with Crippen molar-refractivity contribution in [2.24, 2.45) is 5.92 Å². The van der Waals surface area contributed by atoms with E-state index in [9.17, 15) is 24.0 Å². The van der Waals surface area contributed by atoms with Crippen LogP contribution in [0.1, 0.15) is 56.7 Å². The van der Waals surface area contributed by atoms with Crippen molar-refractivity contribution in [1.82, 2.24) is 40.4 Å². The van der Waals surface area contributed by atoms with Crippen molar-refractivity contribution in [1.29, 1.82) is 0 Å². The Hall–Kier alpha value is -6.75. The average Bonchev–Trinajstić information content (AvgIpc) is 4.09. The summed E-state index contributed by atoms with van der Waals surface area (Å²) in [5.74, 6) is 0.735. The molecule has 1 unspecified atom stereocenters. The molecule has 2 aliphatic heterocycles. The number of H-pyrrole nitrogens is 2. The lowest BCUT2D eigenvalue weighted by Crippen LogP contribution is -2.53. The van der Waals surface area contributed by atoms with E-state index in [4.69, 9.17) is 13.9 Å². The highest BCUT2D eigenvalue weighted by molar-refractivity contribution is 6.09. The average molecular weight is 833 g/mol. The number of nitrogens with zero attached hydrogens (tertiary/aromatic N) is 4. The van der Waals surface area contributed by atoms with Crippen LogP contribution in [0.25, 0.3) is 55.2 Å². The Bertz CT molecular complexity index is 2660. The molecule has 2 atom stereocenters.